The number of nitrogens with zero attached hydrogens (tertiary/aromatic N) is 3. The van der Waals surface area contributed by atoms with E-state index >= 15 is 0 Å². The number of aryl methyl sites for hydroxylation is 2. The minimum atomic E-state index is -0.781. The number of hydrogen-bond donors (Lipinski definition) is 1. The second kappa shape index (κ2) is 6.89. The van der Waals surface area contributed by atoms with E-state index in [1.54, 1.807) is 6.92 Å². The van der Waals surface area contributed by atoms with Crippen LogP contribution in [-0.2, 0) is 4.79 Å². The molecule has 1 aliphatic rings. The van der Waals surface area contributed by atoms with Gasteiger partial charge in [-0.25, -0.2) is 0 Å². The zero-order chi connectivity index (χ0) is 18.0. The molecule has 0 aliphatic heterocycles. The van der Waals surface area contributed by atoms with E-state index in [0.717, 1.165) is 29.5 Å². The van der Waals surface area contributed by atoms with Gasteiger partial charge in [-0.15, -0.1) is 10.2 Å². The number of rotatable bonds is 6. The number of carbonyl (C=O) groups excluding carboxylic acids is 1. The maximum atomic E-state index is 12.1. The van der Waals surface area contributed by atoms with Crippen LogP contribution in [0.1, 0.15) is 30.9 Å². The average molecular weight is 356 g/mol. The maximum Gasteiger partial charge on any atom is 0.277 e. The molecule has 2 aromatic rings. The number of thioether (sulfide) groups is 1. The first-order valence-electron chi connectivity index (χ1n) is 8.17. The molecule has 1 amide bonds. The smallest absolute Gasteiger partial charge is 0.277 e. The summed E-state index contributed by atoms with van der Waals surface area (Å²) in [5.74, 6) is 0.631. The van der Waals surface area contributed by atoms with Gasteiger partial charge in [0.2, 0.25) is 11.8 Å². The van der Waals surface area contributed by atoms with Crippen LogP contribution in [0.15, 0.2) is 27.8 Å². The SMILES string of the molecule is Cc1cc(C)cc(-c2nnc(SCC(=O)NC(C)(C#N)C3CC3)o2)c1. The fourth-order valence-electron chi connectivity index (χ4n) is 2.82. The topological polar surface area (TPSA) is 91.8 Å². The highest BCUT2D eigenvalue weighted by Crippen LogP contribution is 2.39. The summed E-state index contributed by atoms with van der Waals surface area (Å²) in [6, 6.07) is 8.25. The Hall–Kier alpha value is -2.33. The predicted octanol–water partition coefficient (Wildman–Crippen LogP) is 3.25. The third kappa shape index (κ3) is 4.20. The van der Waals surface area contributed by atoms with Crippen LogP contribution in [0.5, 0.6) is 0 Å². The number of nitrogens with one attached hydrogen (secondary N) is 1. The number of hydrogen-bond acceptors (Lipinski definition) is 6. The molecule has 1 fully saturated rings. The Labute approximate surface area is 151 Å². The zero-order valence-electron chi connectivity index (χ0n) is 14.5. The molecule has 130 valence electrons. The lowest BCUT2D eigenvalue weighted by atomic mass is 9.98. The largest absolute Gasteiger partial charge is 0.411 e. The molecule has 1 aromatic heterocycles. The molecule has 0 spiro atoms. The molecule has 1 aromatic carbocycles. The summed E-state index contributed by atoms with van der Waals surface area (Å²) in [6.45, 7) is 5.80. The van der Waals surface area contributed by atoms with Crippen molar-refractivity contribution in [3.05, 3.63) is 29.3 Å². The molecule has 0 saturated heterocycles. The van der Waals surface area contributed by atoms with E-state index in [1.807, 2.05) is 26.0 Å². The van der Waals surface area contributed by atoms with Gasteiger partial charge < -0.3 is 9.73 Å². The summed E-state index contributed by atoms with van der Waals surface area (Å²) in [7, 11) is 0. The van der Waals surface area contributed by atoms with Crippen LogP contribution in [0, 0.1) is 31.1 Å². The van der Waals surface area contributed by atoms with Gasteiger partial charge in [0.15, 0.2) is 0 Å². The van der Waals surface area contributed by atoms with Gasteiger partial charge >= 0.3 is 0 Å². The Morgan fingerprint density at radius 1 is 1.36 bits per heavy atom. The number of amides is 1. The minimum absolute atomic E-state index is 0.137. The van der Waals surface area contributed by atoms with Crippen molar-refractivity contribution in [2.24, 2.45) is 5.92 Å². The molecule has 25 heavy (non-hydrogen) atoms. The van der Waals surface area contributed by atoms with Crippen LogP contribution in [0.4, 0.5) is 0 Å². The van der Waals surface area contributed by atoms with Gasteiger partial charge in [-0.2, -0.15) is 5.26 Å². The average Bonchev–Trinajstić information content (AvgIpc) is 3.31. The summed E-state index contributed by atoms with van der Waals surface area (Å²) in [5.41, 5.74) is 2.33. The lowest BCUT2D eigenvalue weighted by molar-refractivity contribution is -0.119. The van der Waals surface area contributed by atoms with Crippen LogP contribution >= 0.6 is 11.8 Å². The lowest BCUT2D eigenvalue weighted by Gasteiger charge is -2.22. The van der Waals surface area contributed by atoms with Crippen LogP contribution in [0.3, 0.4) is 0 Å². The molecule has 1 atom stereocenters. The van der Waals surface area contributed by atoms with Crippen LogP contribution < -0.4 is 5.32 Å². The van der Waals surface area contributed by atoms with E-state index in [1.165, 1.54) is 11.8 Å². The van der Waals surface area contributed by atoms with Crippen molar-refractivity contribution < 1.29 is 9.21 Å². The van der Waals surface area contributed by atoms with Gasteiger partial charge in [-0.3, -0.25) is 4.79 Å². The Morgan fingerprint density at radius 3 is 2.64 bits per heavy atom. The van der Waals surface area contributed by atoms with Crippen molar-refractivity contribution >= 4 is 17.7 Å². The predicted molar refractivity (Wildman–Crippen MR) is 94.8 cm³/mol. The van der Waals surface area contributed by atoms with Gasteiger partial charge in [-0.1, -0.05) is 29.0 Å². The second-order valence-electron chi connectivity index (χ2n) is 6.67. The maximum absolute atomic E-state index is 12.1. The van der Waals surface area contributed by atoms with E-state index in [4.69, 9.17) is 4.42 Å². The van der Waals surface area contributed by atoms with Crippen LogP contribution in [-0.4, -0.2) is 27.4 Å². The summed E-state index contributed by atoms with van der Waals surface area (Å²) >= 11 is 1.17. The van der Waals surface area contributed by atoms with E-state index in [-0.39, 0.29) is 17.6 Å². The zero-order valence-corrected chi connectivity index (χ0v) is 15.3. The van der Waals surface area contributed by atoms with Gasteiger partial charge in [-0.05, 0) is 51.7 Å². The minimum Gasteiger partial charge on any atom is -0.411 e. The number of nitriles is 1. The van der Waals surface area contributed by atoms with Gasteiger partial charge in [0.05, 0.1) is 11.8 Å². The second-order valence-corrected chi connectivity index (χ2v) is 7.60. The van der Waals surface area contributed by atoms with Crippen molar-refractivity contribution in [3.63, 3.8) is 0 Å². The molecule has 1 saturated carbocycles. The molecular weight excluding hydrogens is 336 g/mol. The van der Waals surface area contributed by atoms with Crippen molar-refractivity contribution in [2.45, 2.75) is 44.4 Å². The molecule has 1 N–H and O–H groups in total. The highest BCUT2D eigenvalue weighted by Gasteiger charge is 2.42. The number of benzene rings is 1. The summed E-state index contributed by atoms with van der Waals surface area (Å²) in [5, 5.41) is 20.5. The van der Waals surface area contributed by atoms with Gasteiger partial charge in [0.1, 0.15) is 5.54 Å². The molecule has 3 rings (SSSR count). The number of carbonyl (C=O) groups is 1. The van der Waals surface area contributed by atoms with Crippen molar-refractivity contribution in [2.75, 3.05) is 5.75 Å². The molecule has 0 radical (unpaired) electrons. The standard InChI is InChI=1S/C18H20N4O2S/c1-11-6-12(2)8-13(7-11)16-21-22-17(24-16)25-9-15(23)20-18(3,10-19)14-4-5-14/h6-8,14H,4-5,9H2,1-3H3,(H,20,23). The molecule has 1 aliphatic carbocycles. The Bertz CT molecular complexity index is 818. The normalized spacial score (nSPS) is 16.1. The summed E-state index contributed by atoms with van der Waals surface area (Å²) in [6.07, 6.45) is 1.97. The molecule has 7 heteroatoms. The van der Waals surface area contributed by atoms with Crippen molar-refractivity contribution in [1.82, 2.24) is 15.5 Å². The van der Waals surface area contributed by atoms with Crippen LogP contribution in [0.25, 0.3) is 11.5 Å². The van der Waals surface area contributed by atoms with Gasteiger partial charge in [0, 0.05) is 5.56 Å². The van der Waals surface area contributed by atoms with E-state index in [9.17, 15) is 10.1 Å². The van der Waals surface area contributed by atoms with Crippen molar-refractivity contribution in [3.8, 4) is 17.5 Å². The fraction of sp³-hybridized carbons (Fsp3) is 0.444. The van der Waals surface area contributed by atoms with Crippen LogP contribution in [0.2, 0.25) is 0 Å². The Morgan fingerprint density at radius 2 is 2.04 bits per heavy atom. The third-order valence-electron chi connectivity index (χ3n) is 4.23. The highest BCUT2D eigenvalue weighted by atomic mass is 32.2. The van der Waals surface area contributed by atoms with Crippen molar-refractivity contribution in [1.29, 1.82) is 5.26 Å². The summed E-state index contributed by atoms with van der Waals surface area (Å²) < 4.78 is 5.64. The van der Waals surface area contributed by atoms with E-state index in [0.29, 0.717) is 11.1 Å². The molecule has 6 nitrogen and oxygen atoms in total. The quantitative estimate of drug-likeness (QED) is 0.799. The monoisotopic (exact) mass is 356 g/mol. The molecule has 0 bridgehead atoms. The first kappa shape index (κ1) is 17.5. The molecule has 1 unspecified atom stereocenters. The van der Waals surface area contributed by atoms with Gasteiger partial charge in [0.25, 0.3) is 5.22 Å². The highest BCUT2D eigenvalue weighted by molar-refractivity contribution is 7.99. The first-order valence-corrected chi connectivity index (χ1v) is 9.15. The fourth-order valence-corrected chi connectivity index (χ4v) is 3.38. The van der Waals surface area contributed by atoms with E-state index in [2.05, 4.69) is 27.6 Å². The Kier molecular flexibility index (Phi) is 4.82. The molecular formula is C18H20N4O2S. The molecule has 1 heterocycles. The first-order chi connectivity index (χ1) is 11.9. The van der Waals surface area contributed by atoms with E-state index < -0.39 is 5.54 Å². The third-order valence-corrected chi connectivity index (χ3v) is 5.05. The lowest BCUT2D eigenvalue weighted by Crippen LogP contribution is -2.47. The number of aromatic nitrogens is 2. The Balaban J connectivity index is 1.60. The summed E-state index contributed by atoms with van der Waals surface area (Å²) in [4.78, 5) is 12.1.